The molecule has 0 radical (unpaired) electrons. The fourth-order valence-corrected chi connectivity index (χ4v) is 43.4. The maximum atomic E-state index is 2.42. The maximum absolute atomic E-state index is 2.42. The molecule has 39 heavy (non-hydrogen) atoms. The van der Waals surface area contributed by atoms with Gasteiger partial charge in [0, 0.05) is 11.4 Å². The summed E-state index contributed by atoms with van der Waals surface area (Å²) < 4.78 is 0. The molecule has 0 aliphatic rings. The van der Waals surface area contributed by atoms with Crippen LogP contribution in [0.4, 0.5) is 0 Å². The molecule has 184 valence electrons. The van der Waals surface area contributed by atoms with E-state index in [0.717, 1.165) is 0 Å². The van der Waals surface area contributed by atoms with Crippen LogP contribution in [0.3, 0.4) is 0 Å². The van der Waals surface area contributed by atoms with Crippen molar-refractivity contribution >= 4 is 61.4 Å². The van der Waals surface area contributed by atoms with Crippen molar-refractivity contribution in [2.75, 3.05) is 0 Å². The highest BCUT2D eigenvalue weighted by atomic mass is 28.7. The normalized spacial score (nSPS) is 11.5. The summed E-state index contributed by atoms with van der Waals surface area (Å²) in [6, 6.07) is 68.9. The molecule has 0 atom stereocenters. The first-order valence-electron chi connectivity index (χ1n) is 13.7. The molecule has 0 heterocycles. The average Bonchev–Trinajstić information content (AvgIpc) is 3.04. The molecule has 6 aromatic rings. The van der Waals surface area contributed by atoms with E-state index < -0.39 is 30.3 Å². The third kappa shape index (κ3) is 4.88. The minimum atomic E-state index is -2.41. The zero-order valence-corrected chi connectivity index (χ0v) is 25.4. The lowest BCUT2D eigenvalue weighted by atomic mass is 10.3. The van der Waals surface area contributed by atoms with Crippen molar-refractivity contribution in [2.24, 2.45) is 0 Å². The lowest BCUT2D eigenvalue weighted by Crippen LogP contribution is -2.84. The van der Waals surface area contributed by atoms with E-state index >= 15 is 0 Å². The molecule has 0 aromatic heterocycles. The number of benzene rings is 6. The van der Waals surface area contributed by atoms with E-state index in [4.69, 9.17) is 0 Å². The van der Waals surface area contributed by atoms with Gasteiger partial charge in [-0.1, -0.05) is 213 Å². The summed E-state index contributed by atoms with van der Waals surface area (Å²) in [7, 11) is 0. The lowest BCUT2D eigenvalue weighted by molar-refractivity contribution is 1.69. The van der Waals surface area contributed by atoms with Gasteiger partial charge < -0.3 is 0 Å². The van der Waals surface area contributed by atoms with Crippen molar-refractivity contribution in [1.29, 1.82) is 0 Å². The van der Waals surface area contributed by atoms with E-state index in [0.29, 0.717) is 0 Å². The molecule has 6 aromatic carbocycles. The molecule has 0 fully saturated rings. The molecule has 3 heteroatoms. The second kappa shape index (κ2) is 11.7. The second-order valence-electron chi connectivity index (χ2n) is 10.2. The van der Waals surface area contributed by atoms with Crippen LogP contribution in [0.25, 0.3) is 0 Å². The van der Waals surface area contributed by atoms with Gasteiger partial charge in [-0.3, -0.25) is 0 Å². The Hall–Kier alpha value is -3.48. The van der Waals surface area contributed by atoms with E-state index in [9.17, 15) is 0 Å². The monoisotopic (exact) mass is 542 g/mol. The van der Waals surface area contributed by atoms with Gasteiger partial charge >= 0.3 is 18.8 Å². The molecule has 0 N–H and O–H groups in total. The molecule has 0 bridgehead atoms. The van der Waals surface area contributed by atoms with Crippen LogP contribution in [0, 0.1) is 0 Å². The Morgan fingerprint density at radius 2 is 0.385 bits per heavy atom. The Bertz CT molecular complexity index is 1270. The van der Waals surface area contributed by atoms with Crippen LogP contribution in [0.5, 0.6) is 0 Å². The Balaban J connectivity index is 1.76. The molecule has 0 saturated heterocycles. The minimum absolute atomic E-state index is 0.886. The molecule has 6 rings (SSSR count). The van der Waals surface area contributed by atoms with E-state index in [1.807, 2.05) is 0 Å². The predicted octanol–water partition coefficient (Wildman–Crippen LogP) is 4.02. The molecule has 0 unspecified atom stereocenters. The molecule has 0 aliphatic heterocycles. The zero-order valence-electron chi connectivity index (χ0n) is 22.0. The van der Waals surface area contributed by atoms with Crippen molar-refractivity contribution in [2.45, 2.75) is 0 Å². The first kappa shape index (κ1) is 25.8. The van der Waals surface area contributed by atoms with Crippen molar-refractivity contribution in [1.82, 2.24) is 0 Å². The zero-order chi connectivity index (χ0) is 26.4. The van der Waals surface area contributed by atoms with Gasteiger partial charge in [0.15, 0.2) is 0 Å². The minimum Gasteiger partial charge on any atom is -0.0743 e. The third-order valence-electron chi connectivity index (χ3n) is 8.13. The topological polar surface area (TPSA) is 0 Å². The highest BCUT2D eigenvalue weighted by molar-refractivity contribution is 7.69. The van der Waals surface area contributed by atoms with Gasteiger partial charge in [0.05, 0.1) is 0 Å². The standard InChI is InChI=1S/2C18H15Si.Mg/c2*1-4-10-16(11-5-1)19(17-12-6-2-7-13-17)18-14-8-3-9-15-18;/h2*1-15H;. The summed E-state index contributed by atoms with van der Waals surface area (Å²) in [5.41, 5.74) is -4.81. The lowest BCUT2D eigenvalue weighted by Gasteiger charge is -2.44. The first-order valence-corrected chi connectivity index (χ1v) is 22.3. The molecule has 0 nitrogen and oxygen atoms in total. The molecular formula is C36H30MgSi2. The van der Waals surface area contributed by atoms with Crippen LogP contribution in [-0.2, 0) is 0 Å². The van der Waals surface area contributed by atoms with Gasteiger partial charge in [-0.15, -0.1) is 0 Å². The van der Waals surface area contributed by atoms with Crippen LogP contribution in [0.15, 0.2) is 182 Å². The smallest absolute Gasteiger partial charge is 0.0743 e. The quantitative estimate of drug-likeness (QED) is 0.201. The van der Waals surface area contributed by atoms with Gasteiger partial charge in [-0.05, 0) is 0 Å². The van der Waals surface area contributed by atoms with E-state index in [1.165, 1.54) is 31.1 Å². The van der Waals surface area contributed by atoms with Crippen molar-refractivity contribution in [3.8, 4) is 0 Å². The predicted molar refractivity (Wildman–Crippen MR) is 174 cm³/mol. The van der Waals surface area contributed by atoms with Crippen LogP contribution in [0.1, 0.15) is 0 Å². The highest BCUT2D eigenvalue weighted by Gasteiger charge is 2.52. The summed E-state index contributed by atoms with van der Waals surface area (Å²) in [6.07, 6.45) is 0. The summed E-state index contributed by atoms with van der Waals surface area (Å²) in [6.45, 7) is 0. The first-order chi connectivity index (χ1) is 19.3. The number of hydrogen-bond acceptors (Lipinski definition) is 0. The fourth-order valence-electron chi connectivity index (χ4n) is 6.35. The average molecular weight is 543 g/mol. The van der Waals surface area contributed by atoms with Crippen LogP contribution in [-0.4, -0.2) is 30.3 Å². The van der Waals surface area contributed by atoms with Crippen LogP contribution < -0.4 is 31.1 Å². The molecule has 0 amide bonds. The molecular weight excluding hydrogens is 513 g/mol. The van der Waals surface area contributed by atoms with E-state index in [1.54, 1.807) is 0 Å². The third-order valence-corrected chi connectivity index (χ3v) is 37.2. The van der Waals surface area contributed by atoms with Crippen molar-refractivity contribution in [3.05, 3.63) is 182 Å². The molecule has 0 saturated carbocycles. The van der Waals surface area contributed by atoms with Gasteiger partial charge in [-0.2, -0.15) is 0 Å². The summed E-state index contributed by atoms with van der Waals surface area (Å²) in [4.78, 5) is 0. The van der Waals surface area contributed by atoms with Crippen molar-refractivity contribution in [3.63, 3.8) is 0 Å². The largest absolute Gasteiger partial charge is 0.408 e. The Morgan fingerprint density at radius 3 is 0.538 bits per heavy atom. The van der Waals surface area contributed by atoms with Gasteiger partial charge in [-0.25, -0.2) is 0 Å². The Labute approximate surface area is 242 Å². The SMILES string of the molecule is c1ccc([Si]([Mg][Si](c2ccccc2)(c2ccccc2)c2ccccc2)(c2ccccc2)c2ccccc2)cc1. The second-order valence-corrected chi connectivity index (χ2v) is 28.2. The Kier molecular flexibility index (Phi) is 7.75. The summed E-state index contributed by atoms with van der Waals surface area (Å²) >= 11 is -0.886. The fraction of sp³-hybridized carbons (Fsp3) is 0. The molecule has 0 aliphatic carbocycles. The number of rotatable bonds is 8. The molecule has 0 spiro atoms. The van der Waals surface area contributed by atoms with E-state index in [-0.39, 0.29) is 0 Å². The summed E-state index contributed by atoms with van der Waals surface area (Å²) in [5.74, 6) is 0. The Morgan fingerprint density at radius 1 is 0.231 bits per heavy atom. The van der Waals surface area contributed by atoms with E-state index in [2.05, 4.69) is 182 Å². The van der Waals surface area contributed by atoms with Crippen LogP contribution >= 0.6 is 0 Å². The highest BCUT2D eigenvalue weighted by Crippen LogP contribution is 2.15. The van der Waals surface area contributed by atoms with Crippen LogP contribution in [0.2, 0.25) is 0 Å². The van der Waals surface area contributed by atoms with Gasteiger partial charge in [0.1, 0.15) is 0 Å². The number of hydrogen-bond donors (Lipinski definition) is 0. The van der Waals surface area contributed by atoms with Gasteiger partial charge in [0.25, 0.3) is 0 Å². The van der Waals surface area contributed by atoms with Crippen molar-refractivity contribution < 1.29 is 0 Å². The maximum Gasteiger partial charge on any atom is 0.408 e. The summed E-state index contributed by atoms with van der Waals surface area (Å²) in [5, 5.41) is 9.13. The van der Waals surface area contributed by atoms with Gasteiger partial charge in [0.2, 0.25) is 0 Å².